The van der Waals surface area contributed by atoms with Gasteiger partial charge in [-0.1, -0.05) is 0 Å². The van der Waals surface area contributed by atoms with Crippen molar-refractivity contribution >= 4 is 5.91 Å². The van der Waals surface area contributed by atoms with E-state index in [1.165, 1.54) is 0 Å². The first-order valence-electron chi connectivity index (χ1n) is 10.8. The quantitative estimate of drug-likeness (QED) is 0.778. The third-order valence-corrected chi connectivity index (χ3v) is 6.05. The van der Waals surface area contributed by atoms with E-state index in [9.17, 15) is 9.90 Å². The van der Waals surface area contributed by atoms with Gasteiger partial charge in [0.25, 0.3) is 5.91 Å². The van der Waals surface area contributed by atoms with Crippen LogP contribution in [-0.4, -0.2) is 74.1 Å². The van der Waals surface area contributed by atoms with E-state index in [4.69, 9.17) is 14.2 Å². The molecule has 0 aromatic heterocycles. The molecule has 0 aliphatic carbocycles. The Kier molecular flexibility index (Phi) is 6.57. The average molecular weight is 405 g/mol. The summed E-state index contributed by atoms with van der Waals surface area (Å²) in [6, 6.07) is 3.74. The van der Waals surface area contributed by atoms with Crippen molar-refractivity contribution in [2.24, 2.45) is 5.92 Å². The van der Waals surface area contributed by atoms with E-state index in [0.29, 0.717) is 49.5 Å². The molecule has 7 heteroatoms. The Bertz CT molecular complexity index is 719. The highest BCUT2D eigenvalue weighted by atomic mass is 16.5. The third-order valence-electron chi connectivity index (χ3n) is 6.05. The lowest BCUT2D eigenvalue weighted by molar-refractivity contribution is -0.00191. The molecule has 29 heavy (non-hydrogen) atoms. The van der Waals surface area contributed by atoms with Crippen LogP contribution in [0.2, 0.25) is 0 Å². The van der Waals surface area contributed by atoms with Crippen molar-refractivity contribution in [1.29, 1.82) is 0 Å². The van der Waals surface area contributed by atoms with Crippen LogP contribution < -0.4 is 14.8 Å². The number of hydrogen-bond acceptors (Lipinski definition) is 6. The fourth-order valence-electron chi connectivity index (χ4n) is 4.42. The normalized spacial score (nSPS) is 27.4. The molecule has 160 valence electrons. The summed E-state index contributed by atoms with van der Waals surface area (Å²) in [7, 11) is 0. The Balaban J connectivity index is 1.32. The predicted octanol–water partition coefficient (Wildman–Crippen LogP) is 1.75. The average Bonchev–Trinajstić information content (AvgIpc) is 3.09. The topological polar surface area (TPSA) is 80.3 Å². The molecule has 1 aromatic carbocycles. The lowest BCUT2D eigenvalue weighted by Gasteiger charge is -2.37. The van der Waals surface area contributed by atoms with Crippen LogP contribution in [0.25, 0.3) is 0 Å². The van der Waals surface area contributed by atoms with E-state index in [-0.39, 0.29) is 11.8 Å². The molecule has 0 bridgehead atoms. The second-order valence-corrected chi connectivity index (χ2v) is 8.41. The van der Waals surface area contributed by atoms with Gasteiger partial charge in [-0.2, -0.15) is 0 Å². The number of rotatable bonds is 5. The molecule has 0 radical (unpaired) electrons. The summed E-state index contributed by atoms with van der Waals surface area (Å²) in [5.41, 5.74) is 1.47. The van der Waals surface area contributed by atoms with Gasteiger partial charge in [-0.05, 0) is 50.4 Å². The molecule has 3 aliphatic rings. The fraction of sp³-hybridized carbons (Fsp3) is 0.682. The molecule has 0 saturated carbocycles. The molecule has 2 saturated heterocycles. The van der Waals surface area contributed by atoms with Crippen LogP contribution in [0.3, 0.4) is 0 Å². The molecule has 3 atom stereocenters. The minimum atomic E-state index is -0.445. The van der Waals surface area contributed by atoms with Crippen molar-refractivity contribution in [2.75, 3.05) is 46.0 Å². The molecular weight excluding hydrogens is 372 g/mol. The second kappa shape index (κ2) is 9.32. The zero-order chi connectivity index (χ0) is 20.2. The van der Waals surface area contributed by atoms with Gasteiger partial charge in [-0.25, -0.2) is 0 Å². The number of fused-ring (bicyclic) bond motifs is 1. The summed E-state index contributed by atoms with van der Waals surface area (Å²) in [5, 5.41) is 13.6. The first-order chi connectivity index (χ1) is 14.1. The van der Waals surface area contributed by atoms with Crippen molar-refractivity contribution < 1.29 is 24.1 Å². The van der Waals surface area contributed by atoms with E-state index in [1.807, 2.05) is 19.1 Å². The Labute approximate surface area is 172 Å². The number of aliphatic hydroxyl groups is 1. The number of carbonyl (C=O) groups excluding carboxylic acids is 1. The maximum Gasteiger partial charge on any atom is 0.255 e. The van der Waals surface area contributed by atoms with Gasteiger partial charge in [0.1, 0.15) is 0 Å². The van der Waals surface area contributed by atoms with Crippen LogP contribution in [0, 0.1) is 12.8 Å². The van der Waals surface area contributed by atoms with Crippen LogP contribution in [0.1, 0.15) is 41.6 Å². The summed E-state index contributed by atoms with van der Waals surface area (Å²) >= 11 is 0. The molecule has 3 aliphatic heterocycles. The maximum atomic E-state index is 12.9. The number of aryl methyl sites for hydroxylation is 1. The molecule has 1 amide bonds. The zero-order valence-corrected chi connectivity index (χ0v) is 17.2. The van der Waals surface area contributed by atoms with Crippen molar-refractivity contribution in [2.45, 2.75) is 44.8 Å². The Morgan fingerprint density at radius 2 is 2.07 bits per heavy atom. The summed E-state index contributed by atoms with van der Waals surface area (Å²) in [4.78, 5) is 15.2. The largest absolute Gasteiger partial charge is 0.490 e. The summed E-state index contributed by atoms with van der Waals surface area (Å²) in [6.45, 7) is 6.84. The number of nitrogens with zero attached hydrogens (tertiary/aromatic N) is 1. The van der Waals surface area contributed by atoms with Crippen molar-refractivity contribution in [3.8, 4) is 11.5 Å². The van der Waals surface area contributed by atoms with Gasteiger partial charge in [0.15, 0.2) is 11.5 Å². The summed E-state index contributed by atoms with van der Waals surface area (Å²) < 4.78 is 17.2. The van der Waals surface area contributed by atoms with Gasteiger partial charge in [0.05, 0.1) is 31.0 Å². The second-order valence-electron chi connectivity index (χ2n) is 8.41. The molecule has 3 heterocycles. The van der Waals surface area contributed by atoms with E-state index in [1.54, 1.807) is 0 Å². The number of ether oxygens (including phenoxy) is 3. The highest BCUT2D eigenvalue weighted by Crippen LogP contribution is 2.34. The summed E-state index contributed by atoms with van der Waals surface area (Å²) in [5.74, 6) is 1.04. The minimum Gasteiger partial charge on any atom is -0.490 e. The third kappa shape index (κ3) is 5.02. The van der Waals surface area contributed by atoms with E-state index >= 15 is 0 Å². The van der Waals surface area contributed by atoms with E-state index < -0.39 is 6.10 Å². The zero-order valence-electron chi connectivity index (χ0n) is 17.2. The van der Waals surface area contributed by atoms with Crippen LogP contribution in [0.5, 0.6) is 11.5 Å². The minimum absolute atomic E-state index is 0.0558. The Morgan fingerprint density at radius 3 is 2.86 bits per heavy atom. The van der Waals surface area contributed by atoms with E-state index in [2.05, 4.69) is 10.2 Å². The predicted molar refractivity (Wildman–Crippen MR) is 109 cm³/mol. The first kappa shape index (κ1) is 20.4. The lowest BCUT2D eigenvalue weighted by Crippen LogP contribution is -2.49. The monoisotopic (exact) mass is 404 g/mol. The van der Waals surface area contributed by atoms with Crippen molar-refractivity contribution in [3.63, 3.8) is 0 Å². The van der Waals surface area contributed by atoms with Crippen LogP contribution in [0.4, 0.5) is 0 Å². The van der Waals surface area contributed by atoms with Gasteiger partial charge >= 0.3 is 0 Å². The molecule has 1 aromatic rings. The van der Waals surface area contributed by atoms with Crippen LogP contribution in [0.15, 0.2) is 12.1 Å². The fourth-order valence-corrected chi connectivity index (χ4v) is 4.42. The molecular formula is C22H32N2O5. The number of carbonyl (C=O) groups is 1. The number of benzene rings is 1. The molecule has 2 fully saturated rings. The standard InChI is InChI=1S/C22H32N2O5/c1-15-10-18(21-20(11-15)28-8-3-9-29-21)22(26)23-12-16-5-6-24(14-19(16)25)13-17-4-2-7-27-17/h10-11,16-17,19,25H,2-9,12-14H2,1H3,(H,23,26)/t16-,17?,19+/m0/s1. The Morgan fingerprint density at radius 1 is 1.21 bits per heavy atom. The van der Waals surface area contributed by atoms with Crippen molar-refractivity contribution in [1.82, 2.24) is 10.2 Å². The maximum absolute atomic E-state index is 12.9. The number of amides is 1. The lowest BCUT2D eigenvalue weighted by atomic mass is 9.93. The molecule has 4 rings (SSSR count). The number of likely N-dealkylation sites (tertiary alicyclic amines) is 1. The van der Waals surface area contributed by atoms with Gasteiger partial charge < -0.3 is 24.6 Å². The first-order valence-corrected chi connectivity index (χ1v) is 10.8. The summed E-state index contributed by atoms with van der Waals surface area (Å²) in [6.07, 6.45) is 3.76. The Hall–Kier alpha value is -1.83. The van der Waals surface area contributed by atoms with Gasteiger partial charge in [0.2, 0.25) is 0 Å². The van der Waals surface area contributed by atoms with Crippen LogP contribution in [-0.2, 0) is 4.74 Å². The van der Waals surface area contributed by atoms with Gasteiger partial charge in [0, 0.05) is 38.6 Å². The van der Waals surface area contributed by atoms with E-state index in [0.717, 1.165) is 50.9 Å². The number of piperidine rings is 1. The number of hydrogen-bond donors (Lipinski definition) is 2. The smallest absolute Gasteiger partial charge is 0.255 e. The van der Waals surface area contributed by atoms with Gasteiger partial charge in [-0.3, -0.25) is 9.69 Å². The van der Waals surface area contributed by atoms with Crippen molar-refractivity contribution in [3.05, 3.63) is 23.3 Å². The van der Waals surface area contributed by atoms with Crippen LogP contribution >= 0.6 is 0 Å². The molecule has 2 N–H and O–H groups in total. The number of β-amino-alcohol motifs (C(OH)–C–C–N with tert-alkyl or cyclic N) is 1. The number of aliphatic hydroxyl groups excluding tert-OH is 1. The molecule has 7 nitrogen and oxygen atoms in total. The SMILES string of the molecule is Cc1cc2c(c(C(=O)NC[C@@H]3CCN(CC4CCCO4)C[C@H]3O)c1)OCCCO2. The number of nitrogens with one attached hydrogen (secondary N) is 1. The molecule has 0 spiro atoms. The molecule has 1 unspecified atom stereocenters. The highest BCUT2D eigenvalue weighted by Gasteiger charge is 2.30. The van der Waals surface area contributed by atoms with Gasteiger partial charge in [-0.15, -0.1) is 0 Å². The highest BCUT2D eigenvalue weighted by molar-refractivity contribution is 5.98.